The summed E-state index contributed by atoms with van der Waals surface area (Å²) in [5, 5.41) is 1.11. The predicted octanol–water partition coefficient (Wildman–Crippen LogP) is 3.76. The highest BCUT2D eigenvalue weighted by atomic mass is 35.5. The van der Waals surface area contributed by atoms with Crippen LogP contribution >= 0.6 is 23.2 Å². The van der Waals surface area contributed by atoms with Crippen molar-refractivity contribution in [2.75, 3.05) is 0 Å². The van der Waals surface area contributed by atoms with Crippen molar-refractivity contribution in [2.24, 2.45) is 0 Å². The van der Waals surface area contributed by atoms with E-state index in [0.717, 1.165) is 16.8 Å². The molecule has 0 saturated carbocycles. The molecule has 0 aliphatic rings. The standard InChI is InChI=1S/C11H8Cl2N2/c1-7-2-3-8(11(13)10(7)12)9-4-5-14-6-15-9/h2-6H,1H3. The van der Waals surface area contributed by atoms with E-state index in [1.165, 1.54) is 6.33 Å². The van der Waals surface area contributed by atoms with Gasteiger partial charge < -0.3 is 0 Å². The predicted molar refractivity (Wildman–Crippen MR) is 62.2 cm³/mol. The second-order valence-corrected chi connectivity index (χ2v) is 3.91. The van der Waals surface area contributed by atoms with Crippen LogP contribution in [0.2, 0.25) is 10.0 Å². The molecule has 0 aliphatic heterocycles. The van der Waals surface area contributed by atoms with Crippen molar-refractivity contribution < 1.29 is 0 Å². The Labute approximate surface area is 97.9 Å². The average Bonchev–Trinajstić information content (AvgIpc) is 2.27. The Balaban J connectivity index is 2.60. The number of benzene rings is 1. The lowest BCUT2D eigenvalue weighted by Crippen LogP contribution is -1.87. The minimum absolute atomic E-state index is 0.537. The van der Waals surface area contributed by atoms with Crippen LogP contribution in [0.25, 0.3) is 11.3 Å². The number of aromatic nitrogens is 2. The summed E-state index contributed by atoms with van der Waals surface area (Å²) in [7, 11) is 0. The van der Waals surface area contributed by atoms with E-state index in [4.69, 9.17) is 23.2 Å². The van der Waals surface area contributed by atoms with Gasteiger partial charge in [-0.3, -0.25) is 0 Å². The van der Waals surface area contributed by atoms with E-state index in [-0.39, 0.29) is 0 Å². The molecule has 0 atom stereocenters. The highest BCUT2D eigenvalue weighted by molar-refractivity contribution is 6.44. The first-order valence-corrected chi connectivity index (χ1v) is 5.16. The number of nitrogens with zero attached hydrogens (tertiary/aromatic N) is 2. The zero-order chi connectivity index (χ0) is 10.8. The fraction of sp³-hybridized carbons (Fsp3) is 0.0909. The molecule has 0 unspecified atom stereocenters. The van der Waals surface area contributed by atoms with E-state index in [1.54, 1.807) is 12.3 Å². The van der Waals surface area contributed by atoms with Gasteiger partial charge in [0.25, 0.3) is 0 Å². The highest BCUT2D eigenvalue weighted by Gasteiger charge is 2.09. The van der Waals surface area contributed by atoms with Gasteiger partial charge in [-0.2, -0.15) is 0 Å². The third-order valence-corrected chi connectivity index (χ3v) is 3.11. The molecule has 76 valence electrons. The molecule has 0 radical (unpaired) electrons. The summed E-state index contributed by atoms with van der Waals surface area (Å²) in [4.78, 5) is 7.98. The molecule has 1 heterocycles. The zero-order valence-electron chi connectivity index (χ0n) is 8.04. The summed E-state index contributed by atoms with van der Waals surface area (Å²) in [5.41, 5.74) is 2.56. The lowest BCUT2D eigenvalue weighted by Gasteiger charge is -2.06. The number of halogens is 2. The lowest BCUT2D eigenvalue weighted by atomic mass is 10.1. The molecular weight excluding hydrogens is 231 g/mol. The van der Waals surface area contributed by atoms with Crippen LogP contribution in [0.5, 0.6) is 0 Å². The molecule has 1 aromatic carbocycles. The molecule has 0 saturated heterocycles. The van der Waals surface area contributed by atoms with Crippen molar-refractivity contribution in [1.29, 1.82) is 0 Å². The first-order valence-electron chi connectivity index (χ1n) is 4.41. The van der Waals surface area contributed by atoms with Crippen molar-refractivity contribution in [3.63, 3.8) is 0 Å². The average molecular weight is 239 g/mol. The maximum absolute atomic E-state index is 6.14. The normalized spacial score (nSPS) is 10.3. The van der Waals surface area contributed by atoms with Crippen LogP contribution in [0.1, 0.15) is 5.56 Å². The number of aryl methyl sites for hydroxylation is 1. The summed E-state index contributed by atoms with van der Waals surface area (Å²) in [5.74, 6) is 0. The smallest absolute Gasteiger partial charge is 0.116 e. The summed E-state index contributed by atoms with van der Waals surface area (Å²) in [6.07, 6.45) is 3.16. The second-order valence-electron chi connectivity index (χ2n) is 3.15. The third kappa shape index (κ3) is 1.96. The molecular formula is C11H8Cl2N2. The van der Waals surface area contributed by atoms with Crippen LogP contribution in [0, 0.1) is 6.92 Å². The molecule has 0 N–H and O–H groups in total. The Kier molecular flexibility index (Phi) is 2.89. The molecule has 15 heavy (non-hydrogen) atoms. The minimum atomic E-state index is 0.537. The maximum atomic E-state index is 6.14. The molecule has 2 nitrogen and oxygen atoms in total. The van der Waals surface area contributed by atoms with E-state index >= 15 is 0 Å². The summed E-state index contributed by atoms with van der Waals surface area (Å²) >= 11 is 12.2. The largest absolute Gasteiger partial charge is 0.245 e. The summed E-state index contributed by atoms with van der Waals surface area (Å²) in [6, 6.07) is 5.63. The van der Waals surface area contributed by atoms with Crippen molar-refractivity contribution >= 4 is 23.2 Å². The molecule has 0 aliphatic carbocycles. The molecule has 2 rings (SSSR count). The van der Waals surface area contributed by atoms with Crippen LogP contribution in [0.4, 0.5) is 0 Å². The summed E-state index contributed by atoms with van der Waals surface area (Å²) in [6.45, 7) is 1.91. The topological polar surface area (TPSA) is 25.8 Å². The molecule has 0 fully saturated rings. The summed E-state index contributed by atoms with van der Waals surface area (Å²) < 4.78 is 0. The van der Waals surface area contributed by atoms with E-state index in [9.17, 15) is 0 Å². The van der Waals surface area contributed by atoms with Gasteiger partial charge in [0.1, 0.15) is 6.33 Å². The van der Waals surface area contributed by atoms with Crippen LogP contribution in [-0.4, -0.2) is 9.97 Å². The molecule has 4 heteroatoms. The number of hydrogen-bond donors (Lipinski definition) is 0. The Morgan fingerprint density at radius 1 is 1.07 bits per heavy atom. The van der Waals surface area contributed by atoms with Gasteiger partial charge in [-0.05, 0) is 18.6 Å². The van der Waals surface area contributed by atoms with Crippen LogP contribution in [0.3, 0.4) is 0 Å². The van der Waals surface area contributed by atoms with Crippen LogP contribution < -0.4 is 0 Å². The fourth-order valence-electron chi connectivity index (χ4n) is 1.29. The molecule has 0 spiro atoms. The van der Waals surface area contributed by atoms with Crippen molar-refractivity contribution in [3.8, 4) is 11.3 Å². The number of rotatable bonds is 1. The van der Waals surface area contributed by atoms with E-state index in [0.29, 0.717) is 10.0 Å². The van der Waals surface area contributed by atoms with Gasteiger partial charge in [-0.15, -0.1) is 0 Å². The SMILES string of the molecule is Cc1ccc(-c2ccncn2)c(Cl)c1Cl. The minimum Gasteiger partial charge on any atom is -0.245 e. The highest BCUT2D eigenvalue weighted by Crippen LogP contribution is 2.34. The zero-order valence-corrected chi connectivity index (χ0v) is 9.55. The Hall–Kier alpha value is -1.12. The maximum Gasteiger partial charge on any atom is 0.116 e. The van der Waals surface area contributed by atoms with E-state index in [1.807, 2.05) is 19.1 Å². The molecule has 0 amide bonds. The second kappa shape index (κ2) is 4.17. The molecule has 1 aromatic heterocycles. The first kappa shape index (κ1) is 10.4. The Bertz CT molecular complexity index is 483. The van der Waals surface area contributed by atoms with Crippen LogP contribution in [0.15, 0.2) is 30.7 Å². The quantitative estimate of drug-likeness (QED) is 0.757. The first-order chi connectivity index (χ1) is 7.20. The molecule has 2 aromatic rings. The van der Waals surface area contributed by atoms with Gasteiger partial charge in [-0.1, -0.05) is 35.3 Å². The van der Waals surface area contributed by atoms with Gasteiger partial charge >= 0.3 is 0 Å². The fourth-order valence-corrected chi connectivity index (χ4v) is 1.77. The van der Waals surface area contributed by atoms with Gasteiger partial charge in [0.05, 0.1) is 15.7 Å². The monoisotopic (exact) mass is 238 g/mol. The van der Waals surface area contributed by atoms with Gasteiger partial charge in [-0.25, -0.2) is 9.97 Å². The van der Waals surface area contributed by atoms with Gasteiger partial charge in [0.15, 0.2) is 0 Å². The van der Waals surface area contributed by atoms with Crippen LogP contribution in [-0.2, 0) is 0 Å². The van der Waals surface area contributed by atoms with E-state index in [2.05, 4.69) is 9.97 Å². The van der Waals surface area contributed by atoms with E-state index < -0.39 is 0 Å². The van der Waals surface area contributed by atoms with Gasteiger partial charge in [0, 0.05) is 11.8 Å². The Morgan fingerprint density at radius 2 is 1.87 bits per heavy atom. The van der Waals surface area contributed by atoms with Crippen molar-refractivity contribution in [1.82, 2.24) is 9.97 Å². The third-order valence-electron chi connectivity index (χ3n) is 2.13. The van der Waals surface area contributed by atoms with Gasteiger partial charge in [0.2, 0.25) is 0 Å². The van der Waals surface area contributed by atoms with Crippen molar-refractivity contribution in [2.45, 2.75) is 6.92 Å². The molecule has 0 bridgehead atoms. The van der Waals surface area contributed by atoms with Crippen molar-refractivity contribution in [3.05, 3.63) is 46.3 Å². The Morgan fingerprint density at radius 3 is 2.53 bits per heavy atom. The number of hydrogen-bond acceptors (Lipinski definition) is 2. The lowest BCUT2D eigenvalue weighted by molar-refractivity contribution is 1.17.